The monoisotopic (exact) mass is 650 g/mol. The Bertz CT molecular complexity index is 997. The molecule has 14 heteroatoms. The molecule has 0 bridgehead atoms. The van der Waals surface area contributed by atoms with E-state index in [-0.39, 0.29) is 0 Å². The van der Waals surface area contributed by atoms with E-state index >= 15 is 0 Å². The van der Waals surface area contributed by atoms with E-state index in [9.17, 15) is 0 Å². The highest BCUT2D eigenvalue weighted by Gasteiger charge is 3.44. The van der Waals surface area contributed by atoms with Crippen LogP contribution in [-0.2, 0) is 31.0 Å². The molecule has 4 atom stereocenters. The maximum Gasteiger partial charge on any atom is 0.185 e. The van der Waals surface area contributed by atoms with Gasteiger partial charge in [0.05, 0.1) is 5.41 Å². The summed E-state index contributed by atoms with van der Waals surface area (Å²) in [6.07, 6.45) is 0. The van der Waals surface area contributed by atoms with Crippen LogP contribution in [0.1, 0.15) is 6.92 Å². The van der Waals surface area contributed by atoms with Gasteiger partial charge in [-0.1, -0.05) is 26.6 Å². The fraction of sp³-hybridized carbons (Fsp3) is 1.00. The lowest BCUT2D eigenvalue weighted by Gasteiger charge is -3.25. The maximum absolute atomic E-state index is 7.56. The normalized spacial score (nSPS) is 50.8. The standard InChI is InChI=1S/C24H54O7Si7/c1-17-18(25-32-2)21(27-34-4)19(17,26-33-3)23(30-37(11,12)13)20(17,28-35(5,6)7)22(18,29-36(8,9)10)24(21,23)31-38(14,15)16/h32-34H2,1-16H3. The van der Waals surface area contributed by atoms with Gasteiger partial charge in [-0.2, -0.15) is 0 Å². The van der Waals surface area contributed by atoms with Crippen LogP contribution in [0, 0.1) is 5.41 Å². The third kappa shape index (κ3) is 2.32. The Kier molecular flexibility index (Phi) is 6.18. The minimum Gasteiger partial charge on any atom is -0.412 e. The molecule has 0 saturated heterocycles. The summed E-state index contributed by atoms with van der Waals surface area (Å²) in [5.41, 5.74) is -5.20. The first-order chi connectivity index (χ1) is 17.0. The second kappa shape index (κ2) is 7.65. The van der Waals surface area contributed by atoms with Crippen molar-refractivity contribution in [1.29, 1.82) is 0 Å². The molecule has 0 aliphatic heterocycles. The van der Waals surface area contributed by atoms with Gasteiger partial charge in [-0.3, -0.25) is 0 Å². The van der Waals surface area contributed by atoms with Crippen molar-refractivity contribution in [3.63, 3.8) is 0 Å². The van der Waals surface area contributed by atoms with Crippen molar-refractivity contribution < 1.29 is 31.0 Å². The summed E-state index contributed by atoms with van der Waals surface area (Å²) >= 11 is 0. The fourth-order valence-electron chi connectivity index (χ4n) is 10.6. The smallest absolute Gasteiger partial charge is 0.185 e. The average Bonchev–Trinajstić information content (AvgIpc) is 2.69. The van der Waals surface area contributed by atoms with Crippen LogP contribution >= 0.6 is 0 Å². The van der Waals surface area contributed by atoms with E-state index in [1.807, 2.05) is 0 Å². The van der Waals surface area contributed by atoms with Crippen LogP contribution in [0.5, 0.6) is 0 Å². The van der Waals surface area contributed by atoms with Gasteiger partial charge >= 0.3 is 0 Å². The predicted molar refractivity (Wildman–Crippen MR) is 171 cm³/mol. The molecule has 0 spiro atoms. The van der Waals surface area contributed by atoms with Crippen molar-refractivity contribution in [2.45, 2.75) is 144 Å². The van der Waals surface area contributed by atoms with Crippen molar-refractivity contribution in [2.75, 3.05) is 0 Å². The second-order valence-electron chi connectivity index (χ2n) is 16.1. The second-order valence-corrected chi connectivity index (χ2v) is 36.4. The van der Waals surface area contributed by atoms with E-state index in [1.165, 1.54) is 0 Å². The van der Waals surface area contributed by atoms with Crippen molar-refractivity contribution in [3.05, 3.63) is 0 Å². The summed E-state index contributed by atoms with van der Waals surface area (Å²) in [6, 6.07) is 0. The number of hydrogen-bond donors (Lipinski definition) is 0. The summed E-state index contributed by atoms with van der Waals surface area (Å²) in [4.78, 5) is 0. The molecule has 6 aliphatic rings. The first kappa shape index (κ1) is 30.7. The van der Waals surface area contributed by atoms with Gasteiger partial charge in [-0.25, -0.2) is 0 Å². The molecule has 6 saturated carbocycles. The topological polar surface area (TPSA) is 64.6 Å². The summed E-state index contributed by atoms with van der Waals surface area (Å²) in [5, 5.41) is 0. The molecule has 4 unspecified atom stereocenters. The lowest BCUT2D eigenvalue weighted by atomic mass is 8.85. The number of hydrogen-bond acceptors (Lipinski definition) is 7. The predicted octanol–water partition coefficient (Wildman–Crippen LogP) is 3.08. The first-order valence-electron chi connectivity index (χ1n) is 14.7. The molecule has 38 heavy (non-hydrogen) atoms. The van der Waals surface area contributed by atoms with Crippen LogP contribution in [0.15, 0.2) is 0 Å². The van der Waals surface area contributed by atoms with Crippen molar-refractivity contribution in [1.82, 2.24) is 0 Å². The van der Waals surface area contributed by atoms with Crippen molar-refractivity contribution >= 4 is 62.6 Å². The SMILES string of the molecule is C[SiH2]OC12C3(C)C4(O[SiH2]C)C1(O[SiH2]C)C1(O[Si](C)(C)C)C2(O[Si](C)(C)C)C3(O[Si](C)(C)C)C41O[Si](C)(C)C. The average molecular weight is 651 g/mol. The van der Waals surface area contributed by atoms with Gasteiger partial charge < -0.3 is 31.0 Å². The Morgan fingerprint density at radius 1 is 0.368 bits per heavy atom. The van der Waals surface area contributed by atoms with Crippen LogP contribution in [0.3, 0.4) is 0 Å². The van der Waals surface area contributed by atoms with Crippen LogP contribution in [0.25, 0.3) is 0 Å². The molecular formula is C24H54O7Si7. The van der Waals surface area contributed by atoms with E-state index in [4.69, 9.17) is 31.0 Å². The molecule has 0 amide bonds. The lowest BCUT2D eigenvalue weighted by Crippen LogP contribution is -3.50. The van der Waals surface area contributed by atoms with Gasteiger partial charge in [-0.05, 0) is 78.6 Å². The fourth-order valence-corrected chi connectivity index (χ4v) is 19.3. The molecule has 0 aromatic rings. The van der Waals surface area contributed by atoms with Gasteiger partial charge in [0.15, 0.2) is 85.0 Å². The summed E-state index contributed by atoms with van der Waals surface area (Å²) < 4.78 is 51.7. The zero-order valence-electron chi connectivity index (χ0n) is 27.0. The van der Waals surface area contributed by atoms with E-state index < -0.39 is 107 Å². The quantitative estimate of drug-likeness (QED) is 0.268. The van der Waals surface area contributed by atoms with Crippen molar-refractivity contribution in [2.24, 2.45) is 5.41 Å². The Balaban J connectivity index is 1.91. The Labute approximate surface area is 242 Å². The summed E-state index contributed by atoms with van der Waals surface area (Å²) in [7, 11) is -11.0. The van der Waals surface area contributed by atoms with E-state index in [2.05, 4.69) is 105 Å². The zero-order valence-corrected chi connectivity index (χ0v) is 35.2. The summed E-state index contributed by atoms with van der Waals surface area (Å²) in [5.74, 6) is 0. The third-order valence-corrected chi connectivity index (χ3v) is 15.3. The van der Waals surface area contributed by atoms with Gasteiger partial charge in [0.1, 0.15) is 16.8 Å². The molecule has 6 aliphatic carbocycles. The Morgan fingerprint density at radius 2 is 0.605 bits per heavy atom. The maximum atomic E-state index is 7.56. The van der Waals surface area contributed by atoms with Crippen LogP contribution in [0.2, 0.25) is 98.2 Å². The Hall–Kier alpha value is 1.24. The molecule has 0 aromatic heterocycles. The molecule has 0 radical (unpaired) electrons. The van der Waals surface area contributed by atoms with Gasteiger partial charge in [0, 0.05) is 0 Å². The molecule has 0 N–H and O–H groups in total. The van der Waals surface area contributed by atoms with E-state index in [0.717, 1.165) is 0 Å². The van der Waals surface area contributed by atoms with Crippen LogP contribution < -0.4 is 0 Å². The highest BCUT2D eigenvalue weighted by molar-refractivity contribution is 6.72. The molecule has 0 heterocycles. The van der Waals surface area contributed by atoms with Crippen molar-refractivity contribution in [3.8, 4) is 0 Å². The lowest BCUT2D eigenvalue weighted by molar-refractivity contribution is -0.839. The molecule has 7 nitrogen and oxygen atoms in total. The Morgan fingerprint density at radius 3 is 0.868 bits per heavy atom. The third-order valence-electron chi connectivity index (χ3n) is 9.49. The largest absolute Gasteiger partial charge is 0.412 e. The van der Waals surface area contributed by atoms with Crippen LogP contribution in [-0.4, -0.2) is 102 Å². The molecule has 0 aromatic carbocycles. The molecule has 6 rings (SSSR count). The first-order valence-corrected chi connectivity index (χ1v) is 34.3. The zero-order chi connectivity index (χ0) is 29.1. The molecule has 220 valence electrons. The number of rotatable bonds is 14. The van der Waals surface area contributed by atoms with E-state index in [1.54, 1.807) is 0 Å². The molecule has 6 fully saturated rings. The van der Waals surface area contributed by atoms with Gasteiger partial charge in [0.2, 0.25) is 0 Å². The highest BCUT2D eigenvalue weighted by Crippen LogP contribution is 3.18. The molecular weight excluding hydrogens is 597 g/mol. The minimum absolute atomic E-state index is 0.396. The van der Waals surface area contributed by atoms with Gasteiger partial charge in [-0.15, -0.1) is 0 Å². The van der Waals surface area contributed by atoms with Crippen LogP contribution in [0.4, 0.5) is 0 Å². The highest BCUT2D eigenvalue weighted by atomic mass is 28.4. The van der Waals surface area contributed by atoms with Gasteiger partial charge in [0.25, 0.3) is 0 Å². The summed E-state index contributed by atoms with van der Waals surface area (Å²) in [6.45, 7) is 36.5. The minimum atomic E-state index is -2.14. The van der Waals surface area contributed by atoms with E-state index in [0.29, 0.717) is 0 Å².